The average molecular weight is 292 g/mol. The molecule has 0 saturated heterocycles. The van der Waals surface area contributed by atoms with E-state index in [0.29, 0.717) is 6.42 Å². The Balaban J connectivity index is 2.96. The van der Waals surface area contributed by atoms with Crippen molar-refractivity contribution in [3.8, 4) is 0 Å². The predicted octanol–water partition coefficient (Wildman–Crippen LogP) is 1.91. The van der Waals surface area contributed by atoms with Crippen LogP contribution in [0.15, 0.2) is 18.2 Å². The lowest BCUT2D eigenvalue weighted by Crippen LogP contribution is -2.56. The lowest BCUT2D eigenvalue weighted by Gasteiger charge is -2.29. The standard InChI is InChI=1S/C16H24N2O3/c1-6-16(5,18-14(20)12(4)19)15(21)17-13-10(2)8-7-9-11(13)3/h7-9,12,19H,6H2,1-5H3,(H,17,21)(H,18,20)/t12-,16+/m1/s1. The fourth-order valence-corrected chi connectivity index (χ4v) is 1.95. The van der Waals surface area contributed by atoms with Crippen LogP contribution in [-0.4, -0.2) is 28.6 Å². The van der Waals surface area contributed by atoms with Crippen LogP contribution in [-0.2, 0) is 9.59 Å². The third-order valence-electron chi connectivity index (χ3n) is 3.71. The van der Waals surface area contributed by atoms with Gasteiger partial charge in [0.05, 0.1) is 0 Å². The molecule has 116 valence electrons. The van der Waals surface area contributed by atoms with Crippen LogP contribution in [0.4, 0.5) is 5.69 Å². The van der Waals surface area contributed by atoms with Gasteiger partial charge >= 0.3 is 0 Å². The van der Waals surface area contributed by atoms with Crippen LogP contribution in [0.1, 0.15) is 38.3 Å². The van der Waals surface area contributed by atoms with Gasteiger partial charge in [-0.1, -0.05) is 25.1 Å². The van der Waals surface area contributed by atoms with Crippen molar-refractivity contribution in [3.63, 3.8) is 0 Å². The molecule has 0 saturated carbocycles. The molecule has 2 amide bonds. The zero-order valence-electron chi connectivity index (χ0n) is 13.3. The Labute approximate surface area is 125 Å². The van der Waals surface area contributed by atoms with E-state index < -0.39 is 17.6 Å². The molecule has 2 atom stereocenters. The molecule has 5 heteroatoms. The first-order valence-electron chi connectivity index (χ1n) is 7.09. The van der Waals surface area contributed by atoms with Crippen molar-refractivity contribution in [3.05, 3.63) is 29.3 Å². The monoisotopic (exact) mass is 292 g/mol. The highest BCUT2D eigenvalue weighted by Crippen LogP contribution is 2.22. The van der Waals surface area contributed by atoms with Gasteiger partial charge in [0, 0.05) is 5.69 Å². The summed E-state index contributed by atoms with van der Waals surface area (Å²) in [5.41, 5.74) is 1.61. The quantitative estimate of drug-likeness (QED) is 0.775. The number of rotatable bonds is 5. The minimum absolute atomic E-state index is 0.295. The fourth-order valence-electron chi connectivity index (χ4n) is 1.95. The van der Waals surface area contributed by atoms with Gasteiger partial charge in [0.15, 0.2) is 0 Å². The normalized spacial score (nSPS) is 15.0. The molecule has 3 N–H and O–H groups in total. The lowest BCUT2D eigenvalue weighted by atomic mass is 9.96. The van der Waals surface area contributed by atoms with Crippen LogP contribution >= 0.6 is 0 Å². The maximum absolute atomic E-state index is 12.5. The molecule has 1 aromatic carbocycles. The number of hydrogen-bond donors (Lipinski definition) is 3. The SMILES string of the molecule is CC[C@](C)(NC(=O)[C@@H](C)O)C(=O)Nc1c(C)cccc1C. The zero-order chi connectivity index (χ0) is 16.2. The van der Waals surface area contributed by atoms with E-state index in [4.69, 9.17) is 0 Å². The number of nitrogens with one attached hydrogen (secondary N) is 2. The predicted molar refractivity (Wildman–Crippen MR) is 83.1 cm³/mol. The molecule has 0 radical (unpaired) electrons. The Hall–Kier alpha value is -1.88. The van der Waals surface area contributed by atoms with E-state index in [1.165, 1.54) is 6.92 Å². The van der Waals surface area contributed by atoms with Crippen molar-refractivity contribution in [2.75, 3.05) is 5.32 Å². The molecule has 0 aromatic heterocycles. The number of amides is 2. The molecule has 1 rings (SSSR count). The molecule has 0 fully saturated rings. The number of aliphatic hydroxyl groups excluding tert-OH is 1. The first-order valence-corrected chi connectivity index (χ1v) is 7.09. The van der Waals surface area contributed by atoms with Crippen molar-refractivity contribution in [1.29, 1.82) is 0 Å². The van der Waals surface area contributed by atoms with Gasteiger partial charge in [-0.3, -0.25) is 9.59 Å². The highest BCUT2D eigenvalue weighted by Gasteiger charge is 2.34. The van der Waals surface area contributed by atoms with Crippen LogP contribution in [0.5, 0.6) is 0 Å². The third-order valence-corrected chi connectivity index (χ3v) is 3.71. The Morgan fingerprint density at radius 3 is 2.24 bits per heavy atom. The van der Waals surface area contributed by atoms with Gasteiger partial charge in [0.25, 0.3) is 0 Å². The first-order chi connectivity index (χ1) is 9.71. The van der Waals surface area contributed by atoms with Crippen molar-refractivity contribution in [2.45, 2.75) is 52.7 Å². The van der Waals surface area contributed by atoms with Gasteiger partial charge in [0.1, 0.15) is 11.6 Å². The van der Waals surface area contributed by atoms with Crippen LogP contribution in [0.2, 0.25) is 0 Å². The second-order valence-corrected chi connectivity index (χ2v) is 5.57. The fraction of sp³-hybridized carbons (Fsp3) is 0.500. The number of anilines is 1. The Morgan fingerprint density at radius 1 is 1.29 bits per heavy atom. The van der Waals surface area contributed by atoms with E-state index in [1.54, 1.807) is 6.92 Å². The van der Waals surface area contributed by atoms with Crippen LogP contribution in [0.3, 0.4) is 0 Å². The van der Waals surface area contributed by atoms with Crippen LogP contribution in [0.25, 0.3) is 0 Å². The van der Waals surface area contributed by atoms with Gasteiger partial charge in [-0.05, 0) is 45.2 Å². The summed E-state index contributed by atoms with van der Waals surface area (Å²) in [6.45, 7) is 8.66. The number of hydrogen-bond acceptors (Lipinski definition) is 3. The third kappa shape index (κ3) is 4.04. The van der Waals surface area contributed by atoms with Gasteiger partial charge in [-0.15, -0.1) is 0 Å². The maximum Gasteiger partial charge on any atom is 0.249 e. The largest absolute Gasteiger partial charge is 0.384 e. The smallest absolute Gasteiger partial charge is 0.249 e. The Kier molecular flexibility index (Phi) is 5.49. The summed E-state index contributed by atoms with van der Waals surface area (Å²) in [6, 6.07) is 5.76. The van der Waals surface area contributed by atoms with Crippen LogP contribution < -0.4 is 10.6 Å². The maximum atomic E-state index is 12.5. The molecule has 0 spiro atoms. The Morgan fingerprint density at radius 2 is 1.81 bits per heavy atom. The molecule has 5 nitrogen and oxygen atoms in total. The van der Waals surface area contributed by atoms with E-state index >= 15 is 0 Å². The number of carbonyl (C=O) groups is 2. The van der Waals surface area contributed by atoms with E-state index in [2.05, 4.69) is 10.6 Å². The van der Waals surface area contributed by atoms with Crippen molar-refractivity contribution in [2.24, 2.45) is 0 Å². The number of aryl methyl sites for hydroxylation is 2. The van der Waals surface area contributed by atoms with Gasteiger partial charge in [-0.2, -0.15) is 0 Å². The van der Waals surface area contributed by atoms with Crippen molar-refractivity contribution in [1.82, 2.24) is 5.32 Å². The number of para-hydroxylation sites is 1. The van der Waals surface area contributed by atoms with E-state index in [1.807, 2.05) is 39.0 Å². The topological polar surface area (TPSA) is 78.4 Å². The second kappa shape index (κ2) is 6.72. The summed E-state index contributed by atoms with van der Waals surface area (Å²) < 4.78 is 0. The van der Waals surface area contributed by atoms with Crippen molar-refractivity contribution < 1.29 is 14.7 Å². The highest BCUT2D eigenvalue weighted by molar-refractivity contribution is 6.01. The minimum Gasteiger partial charge on any atom is -0.384 e. The first kappa shape index (κ1) is 17.2. The molecule has 0 heterocycles. The molecule has 0 bridgehead atoms. The number of benzene rings is 1. The molecular weight excluding hydrogens is 268 g/mol. The minimum atomic E-state index is -1.15. The summed E-state index contributed by atoms with van der Waals surface area (Å²) in [5, 5.41) is 14.8. The van der Waals surface area contributed by atoms with Gasteiger partial charge in [-0.25, -0.2) is 0 Å². The lowest BCUT2D eigenvalue weighted by molar-refractivity contribution is -0.134. The molecule has 21 heavy (non-hydrogen) atoms. The van der Waals surface area contributed by atoms with Crippen LogP contribution in [0, 0.1) is 13.8 Å². The average Bonchev–Trinajstić information content (AvgIpc) is 2.42. The van der Waals surface area contributed by atoms with E-state index in [0.717, 1.165) is 16.8 Å². The van der Waals surface area contributed by atoms with E-state index in [9.17, 15) is 14.7 Å². The summed E-state index contributed by atoms with van der Waals surface area (Å²) in [5.74, 6) is -0.854. The second-order valence-electron chi connectivity index (χ2n) is 5.57. The number of aliphatic hydroxyl groups is 1. The van der Waals surface area contributed by atoms with E-state index in [-0.39, 0.29) is 5.91 Å². The molecule has 1 aromatic rings. The highest BCUT2D eigenvalue weighted by atomic mass is 16.3. The molecule has 0 aliphatic carbocycles. The summed E-state index contributed by atoms with van der Waals surface area (Å²) in [7, 11) is 0. The zero-order valence-corrected chi connectivity index (χ0v) is 13.3. The summed E-state index contributed by atoms with van der Waals surface area (Å²) >= 11 is 0. The Bertz CT molecular complexity index is 520. The molecule has 0 aliphatic heterocycles. The van der Waals surface area contributed by atoms with Gasteiger partial charge in [0.2, 0.25) is 11.8 Å². The summed E-state index contributed by atoms with van der Waals surface area (Å²) in [6.07, 6.45) is -0.730. The van der Waals surface area contributed by atoms with Crippen molar-refractivity contribution >= 4 is 17.5 Å². The summed E-state index contributed by atoms with van der Waals surface area (Å²) in [4.78, 5) is 24.2. The molecule has 0 aliphatic rings. The molecule has 0 unspecified atom stereocenters. The molecular formula is C16H24N2O3. The number of carbonyl (C=O) groups excluding carboxylic acids is 2. The van der Waals surface area contributed by atoms with Gasteiger partial charge < -0.3 is 15.7 Å².